The normalized spacial score (nSPS) is 10.7. The third-order valence-electron chi connectivity index (χ3n) is 2.80. The van der Waals surface area contributed by atoms with Crippen molar-refractivity contribution in [3.63, 3.8) is 0 Å². The molecule has 0 fully saturated rings. The van der Waals surface area contributed by atoms with Gasteiger partial charge in [-0.05, 0) is 57.0 Å². The van der Waals surface area contributed by atoms with E-state index in [1.165, 1.54) is 0 Å². The average Bonchev–Trinajstić information content (AvgIpc) is 2.35. The molecule has 0 saturated heterocycles. The van der Waals surface area contributed by atoms with Gasteiger partial charge in [-0.25, -0.2) is 0 Å². The highest BCUT2D eigenvalue weighted by Crippen LogP contribution is 2.26. The molecule has 1 aromatic carbocycles. The molecule has 0 spiro atoms. The van der Waals surface area contributed by atoms with E-state index in [0.29, 0.717) is 6.61 Å². The summed E-state index contributed by atoms with van der Waals surface area (Å²) >= 11 is 5.99. The fraction of sp³-hybridized carbons (Fsp3) is 0.600. The van der Waals surface area contributed by atoms with Crippen molar-refractivity contribution < 1.29 is 9.47 Å². The smallest absolute Gasteiger partial charge is 0.125 e. The Bertz CT molecular complexity index is 359. The second-order valence-corrected chi connectivity index (χ2v) is 4.95. The Hall–Kier alpha value is -0.770. The average molecular weight is 286 g/mol. The maximum atomic E-state index is 5.99. The Balaban J connectivity index is 2.19. The Morgan fingerprint density at radius 3 is 2.42 bits per heavy atom. The molecule has 0 bridgehead atoms. The zero-order chi connectivity index (χ0) is 14.1. The quantitative estimate of drug-likeness (QED) is 0.706. The van der Waals surface area contributed by atoms with Gasteiger partial charge in [0.2, 0.25) is 0 Å². The predicted molar refractivity (Wildman–Crippen MR) is 80.4 cm³/mol. The highest BCUT2D eigenvalue weighted by molar-refractivity contribution is 6.30. The molecule has 1 N–H and O–H groups in total. The molecule has 0 amide bonds. The Morgan fingerprint density at radius 1 is 1.11 bits per heavy atom. The van der Waals surface area contributed by atoms with Gasteiger partial charge in [0.05, 0.1) is 0 Å². The van der Waals surface area contributed by atoms with Gasteiger partial charge in [0, 0.05) is 24.8 Å². The van der Waals surface area contributed by atoms with Gasteiger partial charge in [-0.2, -0.15) is 0 Å². The van der Waals surface area contributed by atoms with Crippen LogP contribution in [0.5, 0.6) is 5.75 Å². The predicted octanol–water partition coefficient (Wildman–Crippen LogP) is 3.35. The van der Waals surface area contributed by atoms with Crippen LogP contribution in [0.25, 0.3) is 0 Å². The number of nitrogens with one attached hydrogen (secondary N) is 1. The fourth-order valence-corrected chi connectivity index (χ4v) is 2.25. The van der Waals surface area contributed by atoms with E-state index in [-0.39, 0.29) is 0 Å². The first-order valence-corrected chi connectivity index (χ1v) is 7.21. The van der Waals surface area contributed by atoms with E-state index >= 15 is 0 Å². The van der Waals surface area contributed by atoms with Crippen LogP contribution in [0.1, 0.15) is 24.5 Å². The van der Waals surface area contributed by atoms with Crippen LogP contribution < -0.4 is 10.1 Å². The summed E-state index contributed by atoms with van der Waals surface area (Å²) in [7, 11) is 0. The Kier molecular flexibility index (Phi) is 7.87. The molecule has 0 aliphatic rings. The number of hydrogen-bond donors (Lipinski definition) is 1. The van der Waals surface area contributed by atoms with Gasteiger partial charge in [0.15, 0.2) is 0 Å². The summed E-state index contributed by atoms with van der Waals surface area (Å²) in [6.07, 6.45) is 1.03. The lowest BCUT2D eigenvalue weighted by molar-refractivity contribution is 0.144. The van der Waals surface area contributed by atoms with Crippen LogP contribution in [0.15, 0.2) is 12.1 Å². The zero-order valence-electron chi connectivity index (χ0n) is 12.1. The summed E-state index contributed by atoms with van der Waals surface area (Å²) in [6.45, 7) is 10.1. The topological polar surface area (TPSA) is 30.5 Å². The van der Waals surface area contributed by atoms with Crippen LogP contribution in [-0.2, 0) is 4.74 Å². The molecule has 1 rings (SSSR count). The molecule has 0 aliphatic carbocycles. The monoisotopic (exact) mass is 285 g/mol. The van der Waals surface area contributed by atoms with Gasteiger partial charge in [-0.1, -0.05) is 11.6 Å². The van der Waals surface area contributed by atoms with Gasteiger partial charge >= 0.3 is 0 Å². The molecular formula is C15H24ClNO2. The summed E-state index contributed by atoms with van der Waals surface area (Å²) < 4.78 is 11.1. The highest BCUT2D eigenvalue weighted by Gasteiger charge is 2.05. The maximum Gasteiger partial charge on any atom is 0.125 e. The summed E-state index contributed by atoms with van der Waals surface area (Å²) in [5.41, 5.74) is 2.17. The first kappa shape index (κ1) is 16.3. The van der Waals surface area contributed by atoms with Crippen LogP contribution in [0.2, 0.25) is 5.02 Å². The minimum Gasteiger partial charge on any atom is -0.492 e. The summed E-state index contributed by atoms with van der Waals surface area (Å²) in [5.74, 6) is 0.945. The summed E-state index contributed by atoms with van der Waals surface area (Å²) in [5, 5.41) is 4.09. The van der Waals surface area contributed by atoms with Crippen molar-refractivity contribution >= 4 is 11.6 Å². The number of ether oxygens (including phenoxy) is 2. The molecular weight excluding hydrogens is 262 g/mol. The van der Waals surface area contributed by atoms with Crippen molar-refractivity contribution in [3.8, 4) is 5.75 Å². The first-order chi connectivity index (χ1) is 9.15. The molecule has 4 heteroatoms. The number of hydrogen-bond acceptors (Lipinski definition) is 3. The lowest BCUT2D eigenvalue weighted by atomic mass is 10.1. The molecule has 19 heavy (non-hydrogen) atoms. The van der Waals surface area contributed by atoms with Crippen LogP contribution in [-0.4, -0.2) is 32.9 Å². The van der Waals surface area contributed by atoms with Gasteiger partial charge < -0.3 is 14.8 Å². The third kappa shape index (κ3) is 6.28. The third-order valence-corrected chi connectivity index (χ3v) is 3.01. The molecule has 0 unspecified atom stereocenters. The molecule has 0 atom stereocenters. The molecule has 0 heterocycles. The molecule has 0 radical (unpaired) electrons. The largest absolute Gasteiger partial charge is 0.492 e. The lowest BCUT2D eigenvalue weighted by Gasteiger charge is -2.13. The van der Waals surface area contributed by atoms with Crippen molar-refractivity contribution in [2.45, 2.75) is 27.2 Å². The number of aryl methyl sites for hydroxylation is 2. The maximum absolute atomic E-state index is 5.99. The minimum absolute atomic E-state index is 0.665. The van der Waals surface area contributed by atoms with Crippen LogP contribution in [0, 0.1) is 13.8 Å². The van der Waals surface area contributed by atoms with E-state index in [9.17, 15) is 0 Å². The lowest BCUT2D eigenvalue weighted by Crippen LogP contribution is -2.23. The fourth-order valence-electron chi connectivity index (χ4n) is 1.92. The van der Waals surface area contributed by atoms with E-state index in [1.54, 1.807) is 0 Å². The van der Waals surface area contributed by atoms with Gasteiger partial charge in [0.1, 0.15) is 12.4 Å². The van der Waals surface area contributed by atoms with Crippen molar-refractivity contribution in [1.29, 1.82) is 0 Å². The van der Waals surface area contributed by atoms with Crippen molar-refractivity contribution in [2.75, 3.05) is 32.9 Å². The number of benzene rings is 1. The number of halogens is 1. The van der Waals surface area contributed by atoms with E-state index in [1.807, 2.05) is 32.9 Å². The molecule has 0 aliphatic heterocycles. The summed E-state index contributed by atoms with van der Waals surface area (Å²) in [4.78, 5) is 0. The Morgan fingerprint density at radius 2 is 1.79 bits per heavy atom. The zero-order valence-corrected chi connectivity index (χ0v) is 12.8. The number of rotatable bonds is 9. The van der Waals surface area contributed by atoms with Gasteiger partial charge in [-0.15, -0.1) is 0 Å². The van der Waals surface area contributed by atoms with Crippen molar-refractivity contribution in [3.05, 3.63) is 28.3 Å². The van der Waals surface area contributed by atoms with Crippen LogP contribution in [0.3, 0.4) is 0 Å². The molecule has 3 nitrogen and oxygen atoms in total. The molecule has 0 aromatic heterocycles. The van der Waals surface area contributed by atoms with Crippen LogP contribution >= 0.6 is 11.6 Å². The Labute approximate surface area is 121 Å². The SMILES string of the molecule is CCOCCCNCCOc1c(C)cc(Cl)cc1C. The molecule has 1 aromatic rings. The second kappa shape index (κ2) is 9.18. The molecule has 108 valence electrons. The van der Waals surface area contributed by atoms with Gasteiger partial charge in [0.25, 0.3) is 0 Å². The van der Waals surface area contributed by atoms with Crippen molar-refractivity contribution in [2.24, 2.45) is 0 Å². The van der Waals surface area contributed by atoms with Gasteiger partial charge in [-0.3, -0.25) is 0 Å². The van der Waals surface area contributed by atoms with Crippen LogP contribution in [0.4, 0.5) is 0 Å². The standard InChI is InChI=1S/C15H24ClNO2/c1-4-18-8-5-6-17-7-9-19-15-12(2)10-14(16)11-13(15)3/h10-11,17H,4-9H2,1-3H3. The summed E-state index contributed by atoms with van der Waals surface area (Å²) in [6, 6.07) is 3.86. The highest BCUT2D eigenvalue weighted by atomic mass is 35.5. The van der Waals surface area contributed by atoms with E-state index in [4.69, 9.17) is 21.1 Å². The minimum atomic E-state index is 0.665. The van der Waals surface area contributed by atoms with E-state index in [0.717, 1.165) is 54.6 Å². The molecule has 0 saturated carbocycles. The van der Waals surface area contributed by atoms with Crippen molar-refractivity contribution in [1.82, 2.24) is 5.32 Å². The van der Waals surface area contributed by atoms with E-state index in [2.05, 4.69) is 5.32 Å². The first-order valence-electron chi connectivity index (χ1n) is 6.83. The second-order valence-electron chi connectivity index (χ2n) is 4.52. The van der Waals surface area contributed by atoms with E-state index < -0.39 is 0 Å².